The smallest absolute Gasteiger partial charge is 0.240 e. The highest BCUT2D eigenvalue weighted by Crippen LogP contribution is 2.31. The number of aryl methyl sites for hydroxylation is 1. The topological polar surface area (TPSA) is 69.2 Å². The van der Waals surface area contributed by atoms with E-state index in [2.05, 4.69) is 20.3 Å². The molecule has 0 amide bonds. The van der Waals surface area contributed by atoms with Gasteiger partial charge in [0.25, 0.3) is 0 Å². The molecule has 0 spiro atoms. The van der Waals surface area contributed by atoms with Crippen LogP contribution in [0.3, 0.4) is 0 Å². The lowest BCUT2D eigenvalue weighted by atomic mass is 10.1. The molecule has 0 aliphatic rings. The van der Waals surface area contributed by atoms with E-state index in [1.807, 2.05) is 19.4 Å². The molecule has 0 fully saturated rings. The minimum atomic E-state index is -0.0825. The zero-order chi connectivity index (χ0) is 14.5. The molecule has 2 aromatic heterocycles. The van der Waals surface area contributed by atoms with Crippen LogP contribution >= 0.6 is 11.3 Å². The van der Waals surface area contributed by atoms with Crippen LogP contribution in [0.25, 0.3) is 0 Å². The molecule has 7 heteroatoms. The van der Waals surface area contributed by atoms with E-state index in [9.17, 15) is 0 Å². The summed E-state index contributed by atoms with van der Waals surface area (Å²) in [5.74, 6) is 0.893. The van der Waals surface area contributed by atoms with E-state index < -0.39 is 0 Å². The van der Waals surface area contributed by atoms with Crippen LogP contribution in [-0.4, -0.2) is 35.7 Å². The third-order valence-electron chi connectivity index (χ3n) is 2.87. The summed E-state index contributed by atoms with van der Waals surface area (Å²) >= 11 is 1.59. The van der Waals surface area contributed by atoms with Gasteiger partial charge < -0.3 is 14.8 Å². The minimum Gasteiger partial charge on any atom is -0.480 e. The van der Waals surface area contributed by atoms with Crippen molar-refractivity contribution in [1.29, 1.82) is 0 Å². The Morgan fingerprint density at radius 2 is 2.10 bits per heavy atom. The molecule has 0 saturated carbocycles. The number of nitrogens with zero attached hydrogens (tertiary/aromatic N) is 3. The SMILES string of the molecule is CCNC(c1ncc(OC)nc1OC)c1scnc1C. The molecule has 1 unspecified atom stereocenters. The molecule has 6 nitrogen and oxygen atoms in total. The van der Waals surface area contributed by atoms with Crippen LogP contribution in [-0.2, 0) is 0 Å². The van der Waals surface area contributed by atoms with E-state index in [-0.39, 0.29) is 6.04 Å². The summed E-state index contributed by atoms with van der Waals surface area (Å²) in [6.07, 6.45) is 1.60. The van der Waals surface area contributed by atoms with Crippen molar-refractivity contribution in [2.45, 2.75) is 19.9 Å². The second-order valence-corrected chi connectivity index (χ2v) is 4.99. The minimum absolute atomic E-state index is 0.0825. The first-order valence-electron chi connectivity index (χ1n) is 6.29. The first kappa shape index (κ1) is 14.7. The van der Waals surface area contributed by atoms with Gasteiger partial charge in [0.2, 0.25) is 11.8 Å². The van der Waals surface area contributed by atoms with Gasteiger partial charge >= 0.3 is 0 Å². The Labute approximate surface area is 122 Å². The van der Waals surface area contributed by atoms with Crippen molar-refractivity contribution in [2.24, 2.45) is 0 Å². The average Bonchev–Trinajstić information content (AvgIpc) is 2.90. The zero-order valence-corrected chi connectivity index (χ0v) is 12.8. The normalized spacial score (nSPS) is 12.2. The van der Waals surface area contributed by atoms with E-state index in [1.165, 1.54) is 0 Å². The second-order valence-electron chi connectivity index (χ2n) is 4.10. The fourth-order valence-electron chi connectivity index (χ4n) is 1.92. The Kier molecular flexibility index (Phi) is 4.86. The summed E-state index contributed by atoms with van der Waals surface area (Å²) in [7, 11) is 3.13. The molecule has 0 aliphatic heterocycles. The second kappa shape index (κ2) is 6.62. The molecule has 20 heavy (non-hydrogen) atoms. The summed E-state index contributed by atoms with van der Waals surface area (Å²) in [5, 5.41) is 3.40. The van der Waals surface area contributed by atoms with E-state index in [1.54, 1.807) is 31.8 Å². The van der Waals surface area contributed by atoms with E-state index in [0.29, 0.717) is 11.8 Å². The summed E-state index contributed by atoms with van der Waals surface area (Å²) in [5.41, 5.74) is 3.56. The number of aromatic nitrogens is 3. The van der Waals surface area contributed by atoms with Crippen molar-refractivity contribution in [1.82, 2.24) is 20.3 Å². The van der Waals surface area contributed by atoms with Gasteiger partial charge in [-0.1, -0.05) is 6.92 Å². The van der Waals surface area contributed by atoms with Gasteiger partial charge in [-0.25, -0.2) is 9.97 Å². The van der Waals surface area contributed by atoms with Crippen molar-refractivity contribution < 1.29 is 9.47 Å². The van der Waals surface area contributed by atoms with Crippen LogP contribution in [0, 0.1) is 6.92 Å². The van der Waals surface area contributed by atoms with Crippen molar-refractivity contribution in [3.05, 3.63) is 28.0 Å². The Morgan fingerprint density at radius 3 is 2.65 bits per heavy atom. The molecule has 0 aliphatic carbocycles. The molecule has 0 aromatic carbocycles. The maximum Gasteiger partial charge on any atom is 0.240 e. The maximum absolute atomic E-state index is 5.34. The standard InChI is InChI=1S/C13H18N4O2S/c1-5-14-10(12-8(2)16-7-20-12)11-13(19-4)17-9(18-3)6-15-11/h6-7,10,14H,5H2,1-4H3. The summed E-state index contributed by atoms with van der Waals surface area (Å²) in [6.45, 7) is 4.84. The molecule has 0 bridgehead atoms. The van der Waals surface area contributed by atoms with Gasteiger partial charge in [0.15, 0.2) is 0 Å². The quantitative estimate of drug-likeness (QED) is 0.878. The van der Waals surface area contributed by atoms with Gasteiger partial charge in [-0.3, -0.25) is 0 Å². The average molecular weight is 294 g/mol. The highest BCUT2D eigenvalue weighted by Gasteiger charge is 2.24. The lowest BCUT2D eigenvalue weighted by molar-refractivity contribution is 0.353. The summed E-state index contributed by atoms with van der Waals surface area (Å²) in [4.78, 5) is 14.1. The summed E-state index contributed by atoms with van der Waals surface area (Å²) in [6, 6.07) is -0.0825. The number of hydrogen-bond acceptors (Lipinski definition) is 7. The van der Waals surface area contributed by atoms with E-state index >= 15 is 0 Å². The zero-order valence-electron chi connectivity index (χ0n) is 12.0. The molecule has 1 atom stereocenters. The highest BCUT2D eigenvalue weighted by molar-refractivity contribution is 7.09. The van der Waals surface area contributed by atoms with Gasteiger partial charge in [0.05, 0.1) is 42.5 Å². The Bertz CT molecular complexity index is 573. The number of hydrogen-bond donors (Lipinski definition) is 1. The van der Waals surface area contributed by atoms with Gasteiger partial charge in [-0.2, -0.15) is 4.98 Å². The highest BCUT2D eigenvalue weighted by atomic mass is 32.1. The maximum atomic E-state index is 5.34. The first-order valence-corrected chi connectivity index (χ1v) is 7.17. The molecule has 2 heterocycles. The number of thiazole rings is 1. The lowest BCUT2D eigenvalue weighted by Gasteiger charge is -2.18. The third kappa shape index (κ3) is 2.88. The van der Waals surface area contributed by atoms with E-state index in [4.69, 9.17) is 9.47 Å². The predicted molar refractivity (Wildman–Crippen MR) is 77.5 cm³/mol. The summed E-state index contributed by atoms with van der Waals surface area (Å²) < 4.78 is 10.4. The third-order valence-corrected chi connectivity index (χ3v) is 3.87. The number of ether oxygens (including phenoxy) is 2. The van der Waals surface area contributed by atoms with Gasteiger partial charge in [0, 0.05) is 0 Å². The molecular weight excluding hydrogens is 276 g/mol. The fraction of sp³-hybridized carbons (Fsp3) is 0.462. The van der Waals surface area contributed by atoms with Crippen molar-refractivity contribution in [2.75, 3.05) is 20.8 Å². The number of methoxy groups -OCH3 is 2. The Morgan fingerprint density at radius 1 is 1.30 bits per heavy atom. The van der Waals surface area contributed by atoms with Crippen LogP contribution in [0.2, 0.25) is 0 Å². The molecule has 0 radical (unpaired) electrons. The van der Waals surface area contributed by atoms with Crippen molar-refractivity contribution in [3.63, 3.8) is 0 Å². The van der Waals surface area contributed by atoms with Crippen molar-refractivity contribution >= 4 is 11.3 Å². The molecule has 0 saturated heterocycles. The number of rotatable bonds is 6. The van der Waals surface area contributed by atoms with Crippen LogP contribution in [0.5, 0.6) is 11.8 Å². The number of nitrogens with one attached hydrogen (secondary N) is 1. The Balaban J connectivity index is 2.46. The van der Waals surface area contributed by atoms with Crippen LogP contribution in [0.4, 0.5) is 0 Å². The van der Waals surface area contributed by atoms with E-state index in [0.717, 1.165) is 22.8 Å². The monoisotopic (exact) mass is 294 g/mol. The largest absolute Gasteiger partial charge is 0.480 e. The van der Waals surface area contributed by atoms with Crippen molar-refractivity contribution in [3.8, 4) is 11.8 Å². The molecule has 2 rings (SSSR count). The molecule has 108 valence electrons. The first-order chi connectivity index (χ1) is 9.71. The molecule has 1 N–H and O–H groups in total. The molecular formula is C13H18N4O2S. The predicted octanol–water partition coefficient (Wildman–Crippen LogP) is 1.96. The lowest BCUT2D eigenvalue weighted by Crippen LogP contribution is -2.23. The van der Waals surface area contributed by atoms with Gasteiger partial charge in [-0.05, 0) is 13.5 Å². The van der Waals surface area contributed by atoms with Gasteiger partial charge in [0.1, 0.15) is 5.69 Å². The molecule has 2 aromatic rings. The Hall–Kier alpha value is -1.73. The van der Waals surface area contributed by atoms with Gasteiger partial charge in [-0.15, -0.1) is 11.3 Å². The fourth-order valence-corrected chi connectivity index (χ4v) is 2.80. The van der Waals surface area contributed by atoms with Crippen LogP contribution in [0.1, 0.15) is 29.2 Å². The van der Waals surface area contributed by atoms with Crippen LogP contribution < -0.4 is 14.8 Å². The van der Waals surface area contributed by atoms with Crippen LogP contribution in [0.15, 0.2) is 11.7 Å².